The molecule has 2 aromatic heterocycles. The minimum Gasteiger partial charge on any atom is -0.483 e. The van der Waals surface area contributed by atoms with Crippen LogP contribution in [-0.4, -0.2) is 52.5 Å². The first-order valence-corrected chi connectivity index (χ1v) is 13.4. The third-order valence-corrected chi connectivity index (χ3v) is 7.40. The predicted octanol–water partition coefficient (Wildman–Crippen LogP) is 5.33. The second-order valence-corrected chi connectivity index (χ2v) is 11.1. The van der Waals surface area contributed by atoms with Crippen molar-refractivity contribution in [2.75, 3.05) is 44.3 Å². The van der Waals surface area contributed by atoms with E-state index in [-0.39, 0.29) is 11.1 Å². The van der Waals surface area contributed by atoms with Crippen LogP contribution in [0.1, 0.15) is 38.6 Å². The molecule has 4 N–H and O–H groups in total. The average molecular weight is 546 g/mol. The van der Waals surface area contributed by atoms with Gasteiger partial charge in [-0.25, -0.2) is 19.3 Å². The van der Waals surface area contributed by atoms with Crippen molar-refractivity contribution in [3.63, 3.8) is 0 Å². The lowest BCUT2D eigenvalue weighted by atomic mass is 9.98. The Balaban J connectivity index is 0.000000555. The summed E-state index contributed by atoms with van der Waals surface area (Å²) in [6.45, 7) is 13.5. The van der Waals surface area contributed by atoms with E-state index in [1.54, 1.807) is 31.5 Å². The molecule has 0 spiro atoms. The van der Waals surface area contributed by atoms with Gasteiger partial charge in [-0.05, 0) is 37.6 Å². The number of nitrogen functional groups attached to an aromatic ring is 1. The minimum absolute atomic E-state index is 0.0870. The lowest BCUT2D eigenvalue weighted by molar-refractivity contribution is 0.265. The molecule has 3 heterocycles. The highest BCUT2D eigenvalue weighted by Crippen LogP contribution is 2.41. The Labute approximate surface area is 228 Å². The number of thiazole rings is 1. The van der Waals surface area contributed by atoms with Gasteiger partial charge in [0.2, 0.25) is 5.95 Å². The molecule has 0 atom stereocenters. The van der Waals surface area contributed by atoms with E-state index >= 15 is 0 Å². The van der Waals surface area contributed by atoms with E-state index in [0.717, 1.165) is 9.88 Å². The van der Waals surface area contributed by atoms with E-state index in [2.05, 4.69) is 65.1 Å². The number of hydrogen-bond acceptors (Lipinski definition) is 10. The van der Waals surface area contributed by atoms with Crippen LogP contribution in [0.25, 0.3) is 21.8 Å². The van der Waals surface area contributed by atoms with Crippen molar-refractivity contribution in [1.29, 1.82) is 0 Å². The van der Waals surface area contributed by atoms with Crippen molar-refractivity contribution in [2.24, 2.45) is 0 Å². The molecule has 0 amide bonds. The van der Waals surface area contributed by atoms with Gasteiger partial charge in [0.15, 0.2) is 11.7 Å². The number of anilines is 2. The molecule has 4 rings (SSSR count). The van der Waals surface area contributed by atoms with Crippen LogP contribution in [0.15, 0.2) is 42.9 Å². The monoisotopic (exact) mass is 545 g/mol. The Kier molecular flexibility index (Phi) is 10.1. The van der Waals surface area contributed by atoms with E-state index in [1.165, 1.54) is 43.3 Å². The molecule has 1 aliphatic heterocycles. The van der Waals surface area contributed by atoms with E-state index in [9.17, 15) is 4.39 Å². The van der Waals surface area contributed by atoms with E-state index in [1.807, 2.05) is 0 Å². The summed E-state index contributed by atoms with van der Waals surface area (Å²) in [5.74, 6) is 0.475. The van der Waals surface area contributed by atoms with Crippen molar-refractivity contribution in [2.45, 2.75) is 39.0 Å². The lowest BCUT2D eigenvalue weighted by Gasteiger charge is -2.13. The van der Waals surface area contributed by atoms with Crippen molar-refractivity contribution in [3.05, 3.63) is 53.7 Å². The molecule has 1 aliphatic rings. The van der Waals surface area contributed by atoms with Crippen LogP contribution < -0.4 is 16.4 Å². The maximum Gasteiger partial charge on any atom is 0.223 e. The molecule has 0 aliphatic carbocycles. The van der Waals surface area contributed by atoms with Gasteiger partial charge in [-0.3, -0.25) is 4.31 Å². The summed E-state index contributed by atoms with van der Waals surface area (Å²) in [6, 6.07) is 6.74. The number of ether oxygens (including phenoxy) is 1. The first-order valence-electron chi connectivity index (χ1n) is 12.1. The number of nitrogens with zero attached hydrogens (tertiary/aromatic N) is 4. The fraction of sp³-hybridized carbons (Fsp3) is 0.423. The van der Waals surface area contributed by atoms with Crippen molar-refractivity contribution in [3.8, 4) is 21.8 Å². The van der Waals surface area contributed by atoms with E-state index in [0.29, 0.717) is 41.9 Å². The van der Waals surface area contributed by atoms with Crippen LogP contribution in [0.5, 0.6) is 0 Å². The Hall–Kier alpha value is -2.89. The van der Waals surface area contributed by atoms with Crippen molar-refractivity contribution >= 4 is 35.8 Å². The number of benzene rings is 1. The van der Waals surface area contributed by atoms with Gasteiger partial charge in [-0.15, -0.1) is 11.3 Å². The summed E-state index contributed by atoms with van der Waals surface area (Å²) >= 11 is 5.62. The number of thiol groups is 1. The van der Waals surface area contributed by atoms with Crippen molar-refractivity contribution < 1.29 is 9.13 Å². The summed E-state index contributed by atoms with van der Waals surface area (Å²) in [7, 11) is 1.55. The van der Waals surface area contributed by atoms with Gasteiger partial charge in [-0.1, -0.05) is 39.7 Å². The van der Waals surface area contributed by atoms with Crippen LogP contribution in [0.2, 0.25) is 0 Å². The highest BCUT2D eigenvalue weighted by Gasteiger charge is 2.25. The molecule has 0 saturated carbocycles. The van der Waals surface area contributed by atoms with Gasteiger partial charge in [0.05, 0.1) is 34.1 Å². The van der Waals surface area contributed by atoms with Gasteiger partial charge in [0.25, 0.3) is 0 Å². The molecule has 8 nitrogen and oxygen atoms in total. The third-order valence-electron chi connectivity index (χ3n) is 5.50. The van der Waals surface area contributed by atoms with Gasteiger partial charge in [0.1, 0.15) is 0 Å². The van der Waals surface area contributed by atoms with Crippen LogP contribution in [-0.2, 0) is 10.2 Å². The largest absolute Gasteiger partial charge is 0.483 e. The second-order valence-electron chi connectivity index (χ2n) is 9.56. The molecule has 1 fully saturated rings. The molecule has 0 bridgehead atoms. The van der Waals surface area contributed by atoms with Crippen LogP contribution in [0.3, 0.4) is 0 Å². The molecule has 3 aromatic rings. The van der Waals surface area contributed by atoms with Crippen LogP contribution in [0, 0.1) is 5.82 Å². The number of methoxy groups -OCH3 is 1. The molecule has 0 unspecified atom stereocenters. The fourth-order valence-electron chi connectivity index (χ4n) is 3.45. The zero-order valence-electron chi connectivity index (χ0n) is 21.8. The predicted molar refractivity (Wildman–Crippen MR) is 154 cm³/mol. The summed E-state index contributed by atoms with van der Waals surface area (Å²) < 4.78 is 21.9. The first-order chi connectivity index (χ1) is 17.6. The molecule has 0 radical (unpaired) electrons. The highest BCUT2D eigenvalue weighted by atomic mass is 32.1. The highest BCUT2D eigenvalue weighted by molar-refractivity contribution is 7.77. The van der Waals surface area contributed by atoms with Gasteiger partial charge < -0.3 is 21.1 Å². The normalized spacial score (nSPS) is 13.6. The van der Waals surface area contributed by atoms with E-state index < -0.39 is 5.82 Å². The van der Waals surface area contributed by atoms with Gasteiger partial charge in [0, 0.05) is 43.4 Å². The summed E-state index contributed by atoms with van der Waals surface area (Å²) in [6.07, 6.45) is 4.34. The maximum absolute atomic E-state index is 14.8. The lowest BCUT2D eigenvalue weighted by Crippen LogP contribution is -2.22. The molecule has 1 aromatic carbocycles. The smallest absolute Gasteiger partial charge is 0.223 e. The number of rotatable bonds is 8. The van der Waals surface area contributed by atoms with Crippen molar-refractivity contribution in [1.82, 2.24) is 24.6 Å². The zero-order valence-corrected chi connectivity index (χ0v) is 23.6. The third kappa shape index (κ3) is 8.05. The molecule has 37 heavy (non-hydrogen) atoms. The van der Waals surface area contributed by atoms with Gasteiger partial charge >= 0.3 is 0 Å². The number of halogens is 1. The second kappa shape index (κ2) is 13.1. The Morgan fingerprint density at radius 1 is 1.22 bits per heavy atom. The summed E-state index contributed by atoms with van der Waals surface area (Å²) in [5.41, 5.74) is 7.25. The maximum atomic E-state index is 14.8. The quantitative estimate of drug-likeness (QED) is 0.130. The minimum atomic E-state index is -0.480. The Morgan fingerprint density at radius 2 is 1.95 bits per heavy atom. The number of hydrogen-bond donors (Lipinski definition) is 4. The number of nitrogens with one attached hydrogen (secondary N) is 2. The zero-order chi connectivity index (χ0) is 27.0. The fourth-order valence-corrected chi connectivity index (χ4v) is 4.84. The SMILES string of the molecule is C=C(NCCNc1nccc(-c2sc(C(C)(C)C)nc2-c2cccc(N)c2F)n1)OC.SN1CCCC1. The molecular weight excluding hydrogens is 509 g/mol. The topological polar surface area (TPSA) is 101 Å². The number of aromatic nitrogens is 3. The van der Waals surface area contributed by atoms with E-state index in [4.69, 9.17) is 15.5 Å². The number of nitrogens with two attached hydrogens (primary N) is 1. The van der Waals surface area contributed by atoms with Crippen LogP contribution >= 0.6 is 24.2 Å². The molecule has 11 heteroatoms. The molecule has 200 valence electrons. The standard InChI is InChI=1S/C22H27FN6OS.C4H9NS/c1-13(30-5)25-11-12-27-21-26-10-9-16(28-21)19-18(29-20(31-19)22(2,3)4)14-7-6-8-15(24)17(14)23;6-5-3-1-2-4-5/h6-10,25H,1,11-12,24H2,2-5H3,(H,26,27,28);6H,1-4H2. The van der Waals surface area contributed by atoms with Crippen LogP contribution in [0.4, 0.5) is 16.0 Å². The Bertz CT molecular complexity index is 1190. The summed E-state index contributed by atoms with van der Waals surface area (Å²) in [4.78, 5) is 14.4. The first kappa shape index (κ1) is 28.7. The van der Waals surface area contributed by atoms with Gasteiger partial charge in [-0.2, -0.15) is 0 Å². The Morgan fingerprint density at radius 3 is 2.57 bits per heavy atom. The molecular formula is C26H36FN7OS2. The summed E-state index contributed by atoms with van der Waals surface area (Å²) in [5, 5.41) is 7.06. The average Bonchev–Trinajstić information content (AvgIpc) is 3.53. The molecule has 1 saturated heterocycles.